The van der Waals surface area contributed by atoms with Gasteiger partial charge in [-0.1, -0.05) is 39.1 Å². The number of hydrogen-bond acceptors (Lipinski definition) is 3. The first-order valence-electron chi connectivity index (χ1n) is 6.80. The van der Waals surface area contributed by atoms with Crippen molar-refractivity contribution in [3.8, 4) is 5.69 Å². The Balaban J connectivity index is 1.80. The Morgan fingerprint density at radius 1 is 1.17 bits per heavy atom. The molecular formula is C16H11BrCl2N4O. The molecule has 0 fully saturated rings. The lowest BCUT2D eigenvalue weighted by molar-refractivity contribution is 0.102. The minimum absolute atomic E-state index is 0.277. The van der Waals surface area contributed by atoms with Gasteiger partial charge >= 0.3 is 0 Å². The van der Waals surface area contributed by atoms with Crippen LogP contribution in [0.3, 0.4) is 0 Å². The predicted octanol–water partition coefficient (Wildman–Crippen LogP) is 4.78. The Morgan fingerprint density at radius 2 is 1.79 bits per heavy atom. The summed E-state index contributed by atoms with van der Waals surface area (Å²) in [5, 5.41) is 7.47. The van der Waals surface area contributed by atoms with E-state index in [4.69, 9.17) is 28.9 Å². The highest BCUT2D eigenvalue weighted by Gasteiger charge is 2.12. The van der Waals surface area contributed by atoms with Crippen LogP contribution >= 0.6 is 39.1 Å². The molecule has 1 heterocycles. The van der Waals surface area contributed by atoms with E-state index in [-0.39, 0.29) is 21.6 Å². The van der Waals surface area contributed by atoms with Crippen molar-refractivity contribution in [2.45, 2.75) is 0 Å². The molecule has 3 aromatic rings. The molecule has 0 radical (unpaired) electrons. The van der Waals surface area contributed by atoms with E-state index in [1.165, 1.54) is 6.20 Å². The van der Waals surface area contributed by atoms with Crippen molar-refractivity contribution in [1.29, 1.82) is 0 Å². The molecule has 0 saturated carbocycles. The van der Waals surface area contributed by atoms with Crippen molar-refractivity contribution in [2.24, 2.45) is 0 Å². The molecule has 0 atom stereocenters. The third kappa shape index (κ3) is 3.56. The van der Waals surface area contributed by atoms with Crippen molar-refractivity contribution in [3.63, 3.8) is 0 Å². The lowest BCUT2D eigenvalue weighted by atomic mass is 10.2. The van der Waals surface area contributed by atoms with Gasteiger partial charge in [0.2, 0.25) is 0 Å². The smallest absolute Gasteiger partial charge is 0.258 e. The number of nitrogens with zero attached hydrogens (tertiary/aromatic N) is 2. The fraction of sp³-hybridized carbons (Fsp3) is 0. The molecule has 122 valence electrons. The van der Waals surface area contributed by atoms with Gasteiger partial charge in [0.25, 0.3) is 5.91 Å². The summed E-state index contributed by atoms with van der Waals surface area (Å²) in [5.41, 5.74) is 7.66. The Labute approximate surface area is 156 Å². The van der Waals surface area contributed by atoms with Crippen LogP contribution in [0.5, 0.6) is 0 Å². The monoisotopic (exact) mass is 424 g/mol. The molecule has 8 heteroatoms. The SMILES string of the molecule is Nc1c(Cl)cc(NC(=O)c2cnn(-c3ccc(Br)cc3)c2)cc1Cl. The van der Waals surface area contributed by atoms with E-state index in [0.29, 0.717) is 11.3 Å². The number of anilines is 2. The van der Waals surface area contributed by atoms with E-state index < -0.39 is 0 Å². The number of nitrogens with one attached hydrogen (secondary N) is 1. The molecule has 0 bridgehead atoms. The maximum atomic E-state index is 12.3. The van der Waals surface area contributed by atoms with Gasteiger partial charge in [0.1, 0.15) is 0 Å². The number of nitrogens with two attached hydrogens (primary N) is 1. The van der Waals surface area contributed by atoms with E-state index in [0.717, 1.165) is 10.2 Å². The Hall–Kier alpha value is -2.02. The second-order valence-electron chi connectivity index (χ2n) is 4.96. The zero-order valence-corrected chi connectivity index (χ0v) is 15.2. The van der Waals surface area contributed by atoms with Crippen molar-refractivity contribution in [3.05, 3.63) is 68.9 Å². The van der Waals surface area contributed by atoms with Crippen LogP contribution in [0.1, 0.15) is 10.4 Å². The first-order valence-corrected chi connectivity index (χ1v) is 8.35. The summed E-state index contributed by atoms with van der Waals surface area (Å²) in [6.45, 7) is 0. The number of benzene rings is 2. The number of rotatable bonds is 3. The average molecular weight is 426 g/mol. The van der Waals surface area contributed by atoms with E-state index >= 15 is 0 Å². The number of aromatic nitrogens is 2. The van der Waals surface area contributed by atoms with Crippen molar-refractivity contribution in [1.82, 2.24) is 9.78 Å². The van der Waals surface area contributed by atoms with Crippen LogP contribution in [0.25, 0.3) is 5.69 Å². The van der Waals surface area contributed by atoms with Crippen molar-refractivity contribution in [2.75, 3.05) is 11.1 Å². The standard InChI is InChI=1S/C16H11BrCl2N4O/c17-10-1-3-12(4-2-10)23-8-9(7-21-23)16(24)22-11-5-13(18)15(20)14(19)6-11/h1-8H,20H2,(H,22,24). The molecule has 0 spiro atoms. The van der Waals surface area contributed by atoms with E-state index in [1.54, 1.807) is 23.0 Å². The van der Waals surface area contributed by atoms with Gasteiger partial charge in [-0.15, -0.1) is 0 Å². The molecule has 0 aliphatic heterocycles. The molecule has 1 aromatic heterocycles. The van der Waals surface area contributed by atoms with Crippen molar-refractivity contribution < 1.29 is 4.79 Å². The van der Waals surface area contributed by atoms with Gasteiger partial charge in [0, 0.05) is 16.4 Å². The summed E-state index contributed by atoms with van der Waals surface area (Å²) in [6.07, 6.45) is 3.12. The van der Waals surface area contributed by atoms with Gasteiger partial charge in [-0.05, 0) is 36.4 Å². The molecule has 0 aliphatic carbocycles. The Morgan fingerprint density at radius 3 is 2.42 bits per heavy atom. The normalized spacial score (nSPS) is 10.6. The molecule has 24 heavy (non-hydrogen) atoms. The summed E-state index contributed by atoms with van der Waals surface area (Å²) in [7, 11) is 0. The zero-order chi connectivity index (χ0) is 17.3. The van der Waals surface area contributed by atoms with Crippen LogP contribution in [0, 0.1) is 0 Å². The largest absolute Gasteiger partial charge is 0.396 e. The summed E-state index contributed by atoms with van der Waals surface area (Å²) in [6, 6.07) is 10.7. The fourth-order valence-corrected chi connectivity index (χ4v) is 2.79. The number of carbonyl (C=O) groups is 1. The van der Waals surface area contributed by atoms with Crippen LogP contribution in [0.2, 0.25) is 10.0 Å². The summed E-state index contributed by atoms with van der Waals surface area (Å²) in [4.78, 5) is 12.3. The third-order valence-corrected chi connectivity index (χ3v) is 4.43. The van der Waals surface area contributed by atoms with Crippen LogP contribution in [0.15, 0.2) is 53.3 Å². The highest BCUT2D eigenvalue weighted by atomic mass is 79.9. The number of carbonyl (C=O) groups excluding carboxylic acids is 1. The third-order valence-electron chi connectivity index (χ3n) is 3.27. The number of nitrogen functional groups attached to an aromatic ring is 1. The number of hydrogen-bond donors (Lipinski definition) is 2. The molecule has 0 aliphatic rings. The predicted molar refractivity (Wildman–Crippen MR) is 100 cm³/mol. The van der Waals surface area contributed by atoms with Crippen LogP contribution in [-0.4, -0.2) is 15.7 Å². The number of halogens is 3. The second kappa shape index (κ2) is 6.84. The Kier molecular flexibility index (Phi) is 4.80. The summed E-state index contributed by atoms with van der Waals surface area (Å²) in [5.74, 6) is -0.324. The van der Waals surface area contributed by atoms with Gasteiger partial charge in [0.05, 0.1) is 33.2 Å². The Bertz CT molecular complexity index is 886. The lowest BCUT2D eigenvalue weighted by Crippen LogP contribution is -2.11. The number of amides is 1. The van der Waals surface area contributed by atoms with Crippen LogP contribution in [-0.2, 0) is 0 Å². The lowest BCUT2D eigenvalue weighted by Gasteiger charge is -2.07. The van der Waals surface area contributed by atoms with Crippen LogP contribution < -0.4 is 11.1 Å². The van der Waals surface area contributed by atoms with Gasteiger partial charge < -0.3 is 11.1 Å². The maximum Gasteiger partial charge on any atom is 0.258 e. The molecule has 1 amide bonds. The molecular weight excluding hydrogens is 415 g/mol. The molecule has 3 N–H and O–H groups in total. The van der Waals surface area contributed by atoms with Gasteiger partial charge in [0.15, 0.2) is 0 Å². The quantitative estimate of drug-likeness (QED) is 0.593. The maximum absolute atomic E-state index is 12.3. The first-order chi connectivity index (χ1) is 11.4. The van der Waals surface area contributed by atoms with Gasteiger partial charge in [-0.25, -0.2) is 4.68 Å². The van der Waals surface area contributed by atoms with Crippen molar-refractivity contribution >= 4 is 56.4 Å². The molecule has 0 saturated heterocycles. The minimum atomic E-state index is -0.324. The van der Waals surface area contributed by atoms with E-state index in [2.05, 4.69) is 26.3 Å². The molecule has 0 unspecified atom stereocenters. The average Bonchev–Trinajstić information content (AvgIpc) is 3.03. The van der Waals surface area contributed by atoms with Gasteiger partial charge in [-0.3, -0.25) is 4.79 Å². The minimum Gasteiger partial charge on any atom is -0.396 e. The van der Waals surface area contributed by atoms with Gasteiger partial charge in [-0.2, -0.15) is 5.10 Å². The molecule has 5 nitrogen and oxygen atoms in total. The molecule has 2 aromatic carbocycles. The van der Waals surface area contributed by atoms with E-state index in [1.807, 2.05) is 24.3 Å². The highest BCUT2D eigenvalue weighted by molar-refractivity contribution is 9.10. The summed E-state index contributed by atoms with van der Waals surface area (Å²) >= 11 is 15.3. The second-order valence-corrected chi connectivity index (χ2v) is 6.69. The first kappa shape index (κ1) is 16.8. The van der Waals surface area contributed by atoms with Crippen LogP contribution in [0.4, 0.5) is 11.4 Å². The molecule has 3 rings (SSSR count). The summed E-state index contributed by atoms with van der Waals surface area (Å²) < 4.78 is 2.58. The fourth-order valence-electron chi connectivity index (χ4n) is 2.03. The topological polar surface area (TPSA) is 72.9 Å². The van der Waals surface area contributed by atoms with E-state index in [9.17, 15) is 4.79 Å². The highest BCUT2D eigenvalue weighted by Crippen LogP contribution is 2.31. The zero-order valence-electron chi connectivity index (χ0n) is 12.1.